The van der Waals surface area contributed by atoms with Gasteiger partial charge in [-0.25, -0.2) is 13.1 Å². The van der Waals surface area contributed by atoms with Crippen LogP contribution in [0.15, 0.2) is 0 Å². The van der Waals surface area contributed by atoms with E-state index in [1.165, 1.54) is 12.8 Å². The van der Waals surface area contributed by atoms with E-state index >= 15 is 0 Å². The first-order valence-corrected chi connectivity index (χ1v) is 9.43. The molecule has 1 atom stereocenters. The summed E-state index contributed by atoms with van der Waals surface area (Å²) in [4.78, 5) is 2.43. The van der Waals surface area contributed by atoms with Crippen LogP contribution < -0.4 is 4.72 Å². The van der Waals surface area contributed by atoms with Gasteiger partial charge < -0.3 is 4.90 Å². The van der Waals surface area contributed by atoms with Crippen molar-refractivity contribution in [1.29, 1.82) is 0 Å². The molecule has 0 saturated carbocycles. The van der Waals surface area contributed by atoms with Crippen molar-refractivity contribution in [2.24, 2.45) is 5.92 Å². The fourth-order valence-electron chi connectivity index (χ4n) is 2.38. The summed E-state index contributed by atoms with van der Waals surface area (Å²) in [5.74, 6) is 0.520. The van der Waals surface area contributed by atoms with Crippen molar-refractivity contribution in [1.82, 2.24) is 9.62 Å². The van der Waals surface area contributed by atoms with E-state index in [1.807, 2.05) is 6.92 Å². The number of hydrogen-bond acceptors (Lipinski definition) is 3. The Balaban J connectivity index is 2.32. The van der Waals surface area contributed by atoms with Gasteiger partial charge in [-0.15, -0.1) is 11.6 Å². The third-order valence-corrected chi connectivity index (χ3v) is 5.76. The zero-order valence-corrected chi connectivity index (χ0v) is 13.6. The van der Waals surface area contributed by atoms with Gasteiger partial charge in [-0.05, 0) is 44.8 Å². The van der Waals surface area contributed by atoms with Gasteiger partial charge in [-0.1, -0.05) is 20.3 Å². The Morgan fingerprint density at radius 2 is 2.00 bits per heavy atom. The van der Waals surface area contributed by atoms with E-state index in [0.29, 0.717) is 5.88 Å². The maximum absolute atomic E-state index is 11.9. The molecule has 0 spiro atoms. The molecule has 4 nitrogen and oxygen atoms in total. The minimum absolute atomic E-state index is 0.00353. The third-order valence-electron chi connectivity index (χ3n) is 3.53. The van der Waals surface area contributed by atoms with Crippen LogP contribution in [-0.4, -0.2) is 50.6 Å². The largest absolute Gasteiger partial charge is 0.303 e. The Bertz CT molecular complexity index is 341. The van der Waals surface area contributed by atoms with Crippen molar-refractivity contribution in [2.75, 3.05) is 31.3 Å². The zero-order valence-electron chi connectivity index (χ0n) is 12.1. The fraction of sp³-hybridized carbons (Fsp3) is 1.00. The Kier molecular flexibility index (Phi) is 7.65. The van der Waals surface area contributed by atoms with Crippen molar-refractivity contribution in [3.8, 4) is 0 Å². The number of nitrogens with one attached hydrogen (secondary N) is 1. The quantitative estimate of drug-likeness (QED) is 0.698. The minimum atomic E-state index is -3.18. The SMILES string of the molecule is CCCCN1CCC(NS(=O)(=O)CC(C)CCl)CC1. The predicted octanol–water partition coefficient (Wildman–Crippen LogP) is 2.05. The molecule has 0 radical (unpaired) electrons. The van der Waals surface area contributed by atoms with E-state index in [2.05, 4.69) is 16.5 Å². The lowest BCUT2D eigenvalue weighted by Gasteiger charge is -2.32. The van der Waals surface area contributed by atoms with Gasteiger partial charge in [0.2, 0.25) is 10.0 Å². The number of unbranched alkanes of at least 4 members (excludes halogenated alkanes) is 1. The van der Waals surface area contributed by atoms with E-state index in [9.17, 15) is 8.42 Å². The van der Waals surface area contributed by atoms with Crippen LogP contribution in [0.25, 0.3) is 0 Å². The molecule has 6 heteroatoms. The van der Waals surface area contributed by atoms with E-state index < -0.39 is 10.0 Å². The van der Waals surface area contributed by atoms with Crippen molar-refractivity contribution in [3.63, 3.8) is 0 Å². The molecule has 1 N–H and O–H groups in total. The van der Waals surface area contributed by atoms with Gasteiger partial charge in [-0.3, -0.25) is 0 Å². The van der Waals surface area contributed by atoms with Crippen LogP contribution in [0.5, 0.6) is 0 Å². The number of hydrogen-bond donors (Lipinski definition) is 1. The average molecular weight is 311 g/mol. The highest BCUT2D eigenvalue weighted by molar-refractivity contribution is 7.89. The maximum atomic E-state index is 11.9. The smallest absolute Gasteiger partial charge is 0.212 e. The summed E-state index contributed by atoms with van der Waals surface area (Å²) in [7, 11) is -3.18. The molecule has 1 unspecified atom stereocenters. The summed E-state index contributed by atoms with van der Waals surface area (Å²) >= 11 is 5.67. The highest BCUT2D eigenvalue weighted by Gasteiger charge is 2.24. The lowest BCUT2D eigenvalue weighted by atomic mass is 10.1. The number of alkyl halides is 1. The third kappa shape index (κ3) is 6.93. The van der Waals surface area contributed by atoms with Crippen LogP contribution in [-0.2, 0) is 10.0 Å². The van der Waals surface area contributed by atoms with Gasteiger partial charge in [-0.2, -0.15) is 0 Å². The molecule has 114 valence electrons. The number of sulfonamides is 1. The fourth-order valence-corrected chi connectivity index (χ4v) is 4.32. The summed E-state index contributed by atoms with van der Waals surface area (Å²) in [6.07, 6.45) is 4.27. The van der Waals surface area contributed by atoms with Crippen LogP contribution in [0.4, 0.5) is 0 Å². The summed E-state index contributed by atoms with van der Waals surface area (Å²) < 4.78 is 26.7. The topological polar surface area (TPSA) is 49.4 Å². The maximum Gasteiger partial charge on any atom is 0.212 e. The first kappa shape index (κ1) is 17.2. The van der Waals surface area contributed by atoms with Gasteiger partial charge in [0.05, 0.1) is 5.75 Å². The number of rotatable bonds is 8. The minimum Gasteiger partial charge on any atom is -0.303 e. The molecule has 0 aromatic carbocycles. The van der Waals surface area contributed by atoms with Gasteiger partial charge >= 0.3 is 0 Å². The second-order valence-corrected chi connectivity index (χ2v) is 7.74. The molecule has 1 heterocycles. The molecule has 19 heavy (non-hydrogen) atoms. The summed E-state index contributed by atoms with van der Waals surface area (Å²) in [6, 6.07) is 0.102. The Morgan fingerprint density at radius 1 is 1.37 bits per heavy atom. The molecule has 0 aromatic rings. The lowest BCUT2D eigenvalue weighted by Crippen LogP contribution is -2.45. The predicted molar refractivity (Wildman–Crippen MR) is 81.2 cm³/mol. The van der Waals surface area contributed by atoms with Gasteiger partial charge in [0.1, 0.15) is 0 Å². The second-order valence-electron chi connectivity index (χ2n) is 5.63. The Hall–Kier alpha value is 0.160. The molecule has 1 aliphatic heterocycles. The number of piperidine rings is 1. The molecule has 0 aliphatic carbocycles. The first-order valence-electron chi connectivity index (χ1n) is 7.25. The van der Waals surface area contributed by atoms with Crippen LogP contribution in [0, 0.1) is 5.92 Å². The molecule has 1 fully saturated rings. The first-order chi connectivity index (χ1) is 8.96. The number of likely N-dealkylation sites (tertiary alicyclic amines) is 1. The molecular formula is C13H27ClN2O2S. The lowest BCUT2D eigenvalue weighted by molar-refractivity contribution is 0.205. The molecule has 0 aromatic heterocycles. The molecule has 1 rings (SSSR count). The van der Waals surface area contributed by atoms with Crippen LogP contribution in [0.1, 0.15) is 39.5 Å². The average Bonchev–Trinajstić information content (AvgIpc) is 2.37. The van der Waals surface area contributed by atoms with Crippen molar-refractivity contribution < 1.29 is 8.42 Å². The van der Waals surface area contributed by atoms with Gasteiger partial charge in [0.25, 0.3) is 0 Å². The number of halogens is 1. The zero-order chi connectivity index (χ0) is 14.3. The standard InChI is InChI=1S/C13H27ClN2O2S/c1-3-4-7-16-8-5-13(6-9-16)15-19(17,18)11-12(2)10-14/h12-13,15H,3-11H2,1-2H3. The highest BCUT2D eigenvalue weighted by atomic mass is 35.5. The van der Waals surface area contributed by atoms with Crippen molar-refractivity contribution in [3.05, 3.63) is 0 Å². The normalized spacial score (nSPS) is 20.6. The molecule has 0 amide bonds. The summed E-state index contributed by atoms with van der Waals surface area (Å²) in [5, 5.41) is 0. The van der Waals surface area contributed by atoms with Crippen molar-refractivity contribution in [2.45, 2.75) is 45.6 Å². The molecular weight excluding hydrogens is 284 g/mol. The number of nitrogens with zero attached hydrogens (tertiary/aromatic N) is 1. The summed E-state index contributed by atoms with van der Waals surface area (Å²) in [6.45, 7) is 7.19. The Labute approximate surface area is 122 Å². The van der Waals surface area contributed by atoms with Crippen molar-refractivity contribution >= 4 is 21.6 Å². The Morgan fingerprint density at radius 3 is 2.53 bits per heavy atom. The van der Waals surface area contributed by atoms with Crippen LogP contribution >= 0.6 is 11.6 Å². The molecule has 1 saturated heterocycles. The van der Waals surface area contributed by atoms with Crippen LogP contribution in [0.2, 0.25) is 0 Å². The van der Waals surface area contributed by atoms with E-state index in [-0.39, 0.29) is 17.7 Å². The monoisotopic (exact) mass is 310 g/mol. The molecule has 1 aliphatic rings. The highest BCUT2D eigenvalue weighted by Crippen LogP contribution is 2.13. The van der Waals surface area contributed by atoms with E-state index in [1.54, 1.807) is 0 Å². The van der Waals surface area contributed by atoms with Gasteiger partial charge in [0.15, 0.2) is 0 Å². The summed E-state index contributed by atoms with van der Waals surface area (Å²) in [5.41, 5.74) is 0. The molecule has 0 bridgehead atoms. The van der Waals surface area contributed by atoms with E-state index in [4.69, 9.17) is 11.6 Å². The van der Waals surface area contributed by atoms with E-state index in [0.717, 1.165) is 32.5 Å². The van der Waals surface area contributed by atoms with Gasteiger partial charge in [0, 0.05) is 11.9 Å². The second kappa shape index (κ2) is 8.45. The van der Waals surface area contributed by atoms with Crippen LogP contribution in [0.3, 0.4) is 0 Å².